The Kier molecular flexibility index (Phi) is 7.09. The first-order chi connectivity index (χ1) is 14.5. The lowest BCUT2D eigenvalue weighted by Crippen LogP contribution is -2.39. The van der Waals surface area contributed by atoms with Crippen molar-refractivity contribution in [3.8, 4) is 22.6 Å². The molecule has 0 spiro atoms. The van der Waals surface area contributed by atoms with Gasteiger partial charge in [0.25, 0.3) is 0 Å². The number of carbonyl (C=O) groups excluding carboxylic acids is 1. The zero-order valence-corrected chi connectivity index (χ0v) is 17.8. The van der Waals surface area contributed by atoms with E-state index in [4.69, 9.17) is 9.47 Å². The van der Waals surface area contributed by atoms with Gasteiger partial charge in [-0.3, -0.25) is 10.1 Å². The highest BCUT2D eigenvalue weighted by atomic mass is 16.5. The summed E-state index contributed by atoms with van der Waals surface area (Å²) < 4.78 is 10.6. The fraction of sp³-hybridized carbons (Fsp3) is 0.240. The van der Waals surface area contributed by atoms with Gasteiger partial charge in [-0.25, -0.2) is 0 Å². The summed E-state index contributed by atoms with van der Waals surface area (Å²) in [5.41, 5.74) is 4.05. The topological polar surface area (TPSA) is 59.6 Å². The van der Waals surface area contributed by atoms with E-state index in [0.29, 0.717) is 17.2 Å². The van der Waals surface area contributed by atoms with Crippen LogP contribution in [0.3, 0.4) is 0 Å². The Balaban J connectivity index is 1.64. The SMILES string of the molecule is COc1ccc(OC)c(NC(=O)[C@@H](C)N[C@H](C)c2ccc(-c3ccccc3)cc2)c1. The third-order valence-corrected chi connectivity index (χ3v) is 5.08. The van der Waals surface area contributed by atoms with Gasteiger partial charge >= 0.3 is 0 Å². The molecule has 0 radical (unpaired) electrons. The fourth-order valence-corrected chi connectivity index (χ4v) is 3.29. The number of amides is 1. The Labute approximate surface area is 178 Å². The van der Waals surface area contributed by atoms with E-state index in [-0.39, 0.29) is 11.9 Å². The predicted octanol–water partition coefficient (Wildman–Crippen LogP) is 5.05. The van der Waals surface area contributed by atoms with Gasteiger partial charge in [-0.1, -0.05) is 54.6 Å². The van der Waals surface area contributed by atoms with Crippen LogP contribution >= 0.6 is 0 Å². The molecule has 0 aromatic heterocycles. The van der Waals surface area contributed by atoms with Crippen LogP contribution in [-0.2, 0) is 4.79 Å². The molecule has 5 nitrogen and oxygen atoms in total. The summed E-state index contributed by atoms with van der Waals surface area (Å²) in [6.07, 6.45) is 0. The van der Waals surface area contributed by atoms with Crippen LogP contribution in [0.5, 0.6) is 11.5 Å². The van der Waals surface area contributed by atoms with Gasteiger partial charge in [-0.05, 0) is 42.7 Å². The van der Waals surface area contributed by atoms with E-state index in [1.54, 1.807) is 32.4 Å². The molecule has 3 rings (SSSR count). The number of nitrogens with one attached hydrogen (secondary N) is 2. The second-order valence-corrected chi connectivity index (χ2v) is 7.15. The van der Waals surface area contributed by atoms with Crippen LogP contribution in [-0.4, -0.2) is 26.2 Å². The van der Waals surface area contributed by atoms with Crippen molar-refractivity contribution in [1.82, 2.24) is 5.32 Å². The molecule has 30 heavy (non-hydrogen) atoms. The van der Waals surface area contributed by atoms with Gasteiger partial charge in [-0.15, -0.1) is 0 Å². The monoisotopic (exact) mass is 404 g/mol. The van der Waals surface area contributed by atoms with Crippen LogP contribution in [0.2, 0.25) is 0 Å². The number of carbonyl (C=O) groups is 1. The highest BCUT2D eigenvalue weighted by Gasteiger charge is 2.18. The van der Waals surface area contributed by atoms with Crippen LogP contribution in [0.4, 0.5) is 5.69 Å². The normalized spacial score (nSPS) is 12.7. The van der Waals surface area contributed by atoms with Crippen molar-refractivity contribution < 1.29 is 14.3 Å². The molecular formula is C25H28N2O3. The van der Waals surface area contributed by atoms with Gasteiger partial charge in [0.15, 0.2) is 0 Å². The number of rotatable bonds is 8. The zero-order valence-electron chi connectivity index (χ0n) is 17.8. The third kappa shape index (κ3) is 5.19. The molecule has 0 aliphatic carbocycles. The largest absolute Gasteiger partial charge is 0.497 e. The molecule has 0 heterocycles. The van der Waals surface area contributed by atoms with Crippen LogP contribution in [0.15, 0.2) is 72.8 Å². The van der Waals surface area contributed by atoms with Crippen molar-refractivity contribution in [3.05, 3.63) is 78.4 Å². The minimum Gasteiger partial charge on any atom is -0.497 e. The maximum Gasteiger partial charge on any atom is 0.241 e. The maximum absolute atomic E-state index is 12.7. The van der Waals surface area contributed by atoms with Crippen LogP contribution in [0.25, 0.3) is 11.1 Å². The van der Waals surface area contributed by atoms with Crippen molar-refractivity contribution in [2.24, 2.45) is 0 Å². The molecule has 0 bridgehead atoms. The fourth-order valence-electron chi connectivity index (χ4n) is 3.29. The highest BCUT2D eigenvalue weighted by Crippen LogP contribution is 2.29. The Morgan fingerprint density at radius 2 is 1.50 bits per heavy atom. The summed E-state index contributed by atoms with van der Waals surface area (Å²) in [5.74, 6) is 1.09. The number of hydrogen-bond donors (Lipinski definition) is 2. The molecule has 156 valence electrons. The molecular weight excluding hydrogens is 376 g/mol. The molecule has 0 fully saturated rings. The molecule has 0 aliphatic heterocycles. The van der Waals surface area contributed by atoms with Gasteiger partial charge in [0.2, 0.25) is 5.91 Å². The Bertz CT molecular complexity index is 971. The maximum atomic E-state index is 12.7. The highest BCUT2D eigenvalue weighted by molar-refractivity contribution is 5.96. The summed E-state index contributed by atoms with van der Waals surface area (Å²) in [4.78, 5) is 12.7. The minimum atomic E-state index is -0.398. The molecule has 2 N–H and O–H groups in total. The van der Waals surface area contributed by atoms with Crippen LogP contribution in [0, 0.1) is 0 Å². The first-order valence-corrected chi connectivity index (χ1v) is 9.96. The summed E-state index contributed by atoms with van der Waals surface area (Å²) in [5, 5.41) is 6.27. The molecule has 1 amide bonds. The third-order valence-electron chi connectivity index (χ3n) is 5.08. The summed E-state index contributed by atoms with van der Waals surface area (Å²) in [6, 6.07) is 23.6. The van der Waals surface area contributed by atoms with Gasteiger partial charge in [0.1, 0.15) is 11.5 Å². The average molecular weight is 405 g/mol. The van der Waals surface area contributed by atoms with Crippen molar-refractivity contribution in [3.63, 3.8) is 0 Å². The molecule has 3 aromatic rings. The standard InChI is InChI=1S/C25H28N2O3/c1-17(19-10-12-21(13-11-19)20-8-6-5-7-9-20)26-18(2)25(28)27-23-16-22(29-3)14-15-24(23)30-4/h5-18,26H,1-4H3,(H,27,28)/t17-,18-/m1/s1. The van der Waals surface area contributed by atoms with Crippen molar-refractivity contribution in [2.75, 3.05) is 19.5 Å². The Morgan fingerprint density at radius 1 is 0.833 bits per heavy atom. The zero-order chi connectivity index (χ0) is 21.5. The van der Waals surface area contributed by atoms with Crippen molar-refractivity contribution in [1.29, 1.82) is 0 Å². The first kappa shape index (κ1) is 21.4. The van der Waals surface area contributed by atoms with E-state index in [0.717, 1.165) is 5.56 Å². The molecule has 3 aromatic carbocycles. The molecule has 0 aliphatic rings. The van der Waals surface area contributed by atoms with E-state index in [1.807, 2.05) is 32.0 Å². The molecule has 0 unspecified atom stereocenters. The van der Waals surface area contributed by atoms with Crippen LogP contribution < -0.4 is 20.1 Å². The predicted molar refractivity (Wildman–Crippen MR) is 121 cm³/mol. The van der Waals surface area contributed by atoms with E-state index in [9.17, 15) is 4.79 Å². The lowest BCUT2D eigenvalue weighted by atomic mass is 10.0. The van der Waals surface area contributed by atoms with E-state index in [1.165, 1.54) is 11.1 Å². The van der Waals surface area contributed by atoms with Gasteiger partial charge < -0.3 is 14.8 Å². The number of anilines is 1. The molecule has 0 saturated carbocycles. The van der Waals surface area contributed by atoms with Crippen molar-refractivity contribution in [2.45, 2.75) is 25.9 Å². The van der Waals surface area contributed by atoms with E-state index >= 15 is 0 Å². The van der Waals surface area contributed by atoms with E-state index < -0.39 is 6.04 Å². The van der Waals surface area contributed by atoms with Crippen LogP contribution in [0.1, 0.15) is 25.5 Å². The second kappa shape index (κ2) is 9.94. The number of benzene rings is 3. The summed E-state index contributed by atoms with van der Waals surface area (Å²) in [6.45, 7) is 3.89. The molecule has 0 saturated heterocycles. The summed E-state index contributed by atoms with van der Waals surface area (Å²) in [7, 11) is 3.16. The Hall–Kier alpha value is -3.31. The number of methoxy groups -OCH3 is 2. The lowest BCUT2D eigenvalue weighted by Gasteiger charge is -2.21. The van der Waals surface area contributed by atoms with Crippen molar-refractivity contribution >= 4 is 11.6 Å². The summed E-state index contributed by atoms with van der Waals surface area (Å²) >= 11 is 0. The minimum absolute atomic E-state index is 0.0165. The smallest absolute Gasteiger partial charge is 0.241 e. The lowest BCUT2D eigenvalue weighted by molar-refractivity contribution is -0.117. The molecule has 5 heteroatoms. The number of hydrogen-bond acceptors (Lipinski definition) is 4. The van der Waals surface area contributed by atoms with E-state index in [2.05, 4.69) is 47.0 Å². The van der Waals surface area contributed by atoms with Gasteiger partial charge in [0, 0.05) is 12.1 Å². The number of ether oxygens (including phenoxy) is 2. The quantitative estimate of drug-likeness (QED) is 0.552. The first-order valence-electron chi connectivity index (χ1n) is 9.96. The van der Waals surface area contributed by atoms with Gasteiger partial charge in [-0.2, -0.15) is 0 Å². The van der Waals surface area contributed by atoms with Gasteiger partial charge in [0.05, 0.1) is 25.9 Å². The Morgan fingerprint density at radius 3 is 2.13 bits per heavy atom. The average Bonchev–Trinajstić information content (AvgIpc) is 2.79. The second-order valence-electron chi connectivity index (χ2n) is 7.15. The molecule has 2 atom stereocenters.